The van der Waals surface area contributed by atoms with Crippen LogP contribution in [0.1, 0.15) is 41.6 Å². The number of hydrogen-bond donors (Lipinski definition) is 1. The van der Waals surface area contributed by atoms with Crippen LogP contribution in [0.4, 0.5) is 4.39 Å². The van der Waals surface area contributed by atoms with Crippen molar-refractivity contribution in [2.75, 3.05) is 7.11 Å². The Balaban J connectivity index is 1.63. The van der Waals surface area contributed by atoms with Gasteiger partial charge in [0, 0.05) is 36.7 Å². The molecule has 0 radical (unpaired) electrons. The molecule has 5 nitrogen and oxygen atoms in total. The number of carbonyl (C=O) groups excluding carboxylic acids is 1. The van der Waals surface area contributed by atoms with Crippen molar-refractivity contribution in [3.05, 3.63) is 59.7 Å². The van der Waals surface area contributed by atoms with Gasteiger partial charge >= 0.3 is 0 Å². The fourth-order valence-corrected chi connectivity index (χ4v) is 4.47. The molecule has 4 rings (SSSR count). The molecule has 0 saturated carbocycles. The van der Waals surface area contributed by atoms with Gasteiger partial charge in [-0.2, -0.15) is 4.39 Å². The SMILES string of the molecule is COc1ccccc1C(=O)N1[C@H]2CC[C@H]1CC(O)(c1cccnc1F)C2. The molecule has 1 aromatic carbocycles. The molecule has 2 bridgehead atoms. The van der Waals surface area contributed by atoms with E-state index in [1.54, 1.807) is 31.4 Å². The Labute approximate surface area is 151 Å². The van der Waals surface area contributed by atoms with Crippen molar-refractivity contribution in [1.82, 2.24) is 9.88 Å². The predicted molar refractivity (Wildman–Crippen MR) is 93.3 cm³/mol. The summed E-state index contributed by atoms with van der Waals surface area (Å²) in [5.74, 6) is -0.196. The average Bonchev–Trinajstić information content (AvgIpc) is 2.93. The Morgan fingerprint density at radius 3 is 2.58 bits per heavy atom. The summed E-state index contributed by atoms with van der Waals surface area (Å²) in [5, 5.41) is 11.1. The van der Waals surface area contributed by atoms with E-state index in [-0.39, 0.29) is 23.6 Å². The Morgan fingerprint density at radius 2 is 1.92 bits per heavy atom. The molecule has 6 heteroatoms. The molecule has 3 heterocycles. The van der Waals surface area contributed by atoms with Crippen LogP contribution in [0.3, 0.4) is 0 Å². The van der Waals surface area contributed by atoms with Crippen LogP contribution >= 0.6 is 0 Å². The van der Waals surface area contributed by atoms with Gasteiger partial charge in [0.2, 0.25) is 5.95 Å². The van der Waals surface area contributed by atoms with E-state index in [4.69, 9.17) is 4.74 Å². The topological polar surface area (TPSA) is 62.7 Å². The Hall–Kier alpha value is -2.47. The van der Waals surface area contributed by atoms with Gasteiger partial charge < -0.3 is 14.7 Å². The van der Waals surface area contributed by atoms with Crippen molar-refractivity contribution in [2.45, 2.75) is 43.4 Å². The fourth-order valence-electron chi connectivity index (χ4n) is 4.47. The maximum Gasteiger partial charge on any atom is 0.258 e. The molecular formula is C20H21FN2O3. The molecule has 2 fully saturated rings. The van der Waals surface area contributed by atoms with Crippen LogP contribution in [0.2, 0.25) is 0 Å². The number of rotatable bonds is 3. The van der Waals surface area contributed by atoms with E-state index in [1.165, 1.54) is 6.20 Å². The number of nitrogens with zero attached hydrogens (tertiary/aromatic N) is 2. The van der Waals surface area contributed by atoms with E-state index in [1.807, 2.05) is 17.0 Å². The monoisotopic (exact) mass is 356 g/mol. The number of aliphatic hydroxyl groups is 1. The first-order chi connectivity index (χ1) is 12.5. The van der Waals surface area contributed by atoms with E-state index in [0.29, 0.717) is 24.2 Å². The number of benzene rings is 1. The van der Waals surface area contributed by atoms with E-state index >= 15 is 0 Å². The summed E-state index contributed by atoms with van der Waals surface area (Å²) >= 11 is 0. The molecular weight excluding hydrogens is 335 g/mol. The van der Waals surface area contributed by atoms with Gasteiger partial charge in [-0.05, 0) is 31.0 Å². The second-order valence-corrected chi connectivity index (χ2v) is 7.08. The molecule has 1 amide bonds. The van der Waals surface area contributed by atoms with Crippen LogP contribution in [0.5, 0.6) is 5.75 Å². The minimum absolute atomic E-state index is 0.0938. The molecule has 2 atom stereocenters. The van der Waals surface area contributed by atoms with Crippen LogP contribution in [0, 0.1) is 5.95 Å². The highest BCUT2D eigenvalue weighted by atomic mass is 19.1. The summed E-state index contributed by atoms with van der Waals surface area (Å²) in [5.41, 5.74) is -0.548. The summed E-state index contributed by atoms with van der Waals surface area (Å²) in [6.07, 6.45) is 3.60. The lowest BCUT2D eigenvalue weighted by Gasteiger charge is -2.44. The lowest BCUT2D eigenvalue weighted by molar-refractivity contribution is -0.0504. The lowest BCUT2D eigenvalue weighted by atomic mass is 9.80. The molecule has 2 aromatic rings. The number of ether oxygens (including phenoxy) is 1. The number of pyridine rings is 1. The van der Waals surface area contributed by atoms with Gasteiger partial charge in [-0.25, -0.2) is 4.98 Å². The first-order valence-electron chi connectivity index (χ1n) is 8.82. The molecule has 2 saturated heterocycles. The third-order valence-corrected chi connectivity index (χ3v) is 5.60. The Bertz CT molecular complexity index is 827. The zero-order valence-electron chi connectivity index (χ0n) is 14.6. The molecule has 1 aromatic heterocycles. The van der Waals surface area contributed by atoms with E-state index in [0.717, 1.165) is 12.8 Å². The third-order valence-electron chi connectivity index (χ3n) is 5.60. The molecule has 0 aliphatic carbocycles. The van der Waals surface area contributed by atoms with Crippen molar-refractivity contribution in [1.29, 1.82) is 0 Å². The van der Waals surface area contributed by atoms with Gasteiger partial charge in [-0.15, -0.1) is 0 Å². The van der Waals surface area contributed by atoms with E-state index in [2.05, 4.69) is 4.98 Å². The maximum absolute atomic E-state index is 14.1. The molecule has 0 unspecified atom stereocenters. The summed E-state index contributed by atoms with van der Waals surface area (Å²) in [6, 6.07) is 10.1. The minimum atomic E-state index is -1.29. The zero-order valence-corrected chi connectivity index (χ0v) is 14.6. The van der Waals surface area contributed by atoms with Gasteiger partial charge in [0.25, 0.3) is 5.91 Å². The fraction of sp³-hybridized carbons (Fsp3) is 0.400. The summed E-state index contributed by atoms with van der Waals surface area (Å²) in [6.45, 7) is 0. The van der Waals surface area contributed by atoms with Gasteiger partial charge in [-0.1, -0.05) is 18.2 Å². The number of piperidine rings is 1. The first kappa shape index (κ1) is 17.0. The number of aromatic nitrogens is 1. The number of fused-ring (bicyclic) bond motifs is 2. The first-order valence-corrected chi connectivity index (χ1v) is 8.82. The molecule has 26 heavy (non-hydrogen) atoms. The second kappa shape index (κ2) is 6.36. The van der Waals surface area contributed by atoms with Crippen LogP contribution in [0.15, 0.2) is 42.6 Å². The average molecular weight is 356 g/mol. The molecule has 2 aliphatic rings. The maximum atomic E-state index is 14.1. The number of amides is 1. The van der Waals surface area contributed by atoms with Gasteiger partial charge in [-0.3, -0.25) is 4.79 Å². The smallest absolute Gasteiger partial charge is 0.258 e. The van der Waals surface area contributed by atoms with Crippen molar-refractivity contribution in [3.63, 3.8) is 0 Å². The van der Waals surface area contributed by atoms with Crippen molar-refractivity contribution in [2.24, 2.45) is 0 Å². The quantitative estimate of drug-likeness (QED) is 0.859. The Kier molecular flexibility index (Phi) is 4.15. The molecule has 136 valence electrons. The summed E-state index contributed by atoms with van der Waals surface area (Å²) in [4.78, 5) is 18.7. The number of carbonyl (C=O) groups is 1. The largest absolute Gasteiger partial charge is 0.496 e. The van der Waals surface area contributed by atoms with Crippen molar-refractivity contribution < 1.29 is 19.0 Å². The number of methoxy groups -OCH3 is 1. The second-order valence-electron chi connectivity index (χ2n) is 7.08. The number of hydrogen-bond acceptors (Lipinski definition) is 4. The van der Waals surface area contributed by atoms with Gasteiger partial charge in [0.15, 0.2) is 0 Å². The van der Waals surface area contributed by atoms with Crippen LogP contribution in [-0.2, 0) is 5.60 Å². The van der Waals surface area contributed by atoms with Crippen LogP contribution in [-0.4, -0.2) is 40.1 Å². The van der Waals surface area contributed by atoms with Gasteiger partial charge in [0.05, 0.1) is 18.3 Å². The third kappa shape index (κ3) is 2.65. The number of halogens is 1. The molecule has 0 spiro atoms. The lowest BCUT2D eigenvalue weighted by Crippen LogP contribution is -2.52. The molecule has 1 N–H and O–H groups in total. The van der Waals surface area contributed by atoms with Crippen LogP contribution < -0.4 is 4.74 Å². The zero-order chi connectivity index (χ0) is 18.3. The van der Waals surface area contributed by atoms with E-state index in [9.17, 15) is 14.3 Å². The summed E-state index contributed by atoms with van der Waals surface area (Å²) in [7, 11) is 1.54. The normalized spacial score (nSPS) is 27.4. The highest BCUT2D eigenvalue weighted by Gasteiger charge is 2.51. The van der Waals surface area contributed by atoms with Gasteiger partial charge in [0.1, 0.15) is 5.75 Å². The molecule has 2 aliphatic heterocycles. The van der Waals surface area contributed by atoms with Crippen molar-refractivity contribution in [3.8, 4) is 5.75 Å². The van der Waals surface area contributed by atoms with E-state index < -0.39 is 11.5 Å². The minimum Gasteiger partial charge on any atom is -0.496 e. The van der Waals surface area contributed by atoms with Crippen LogP contribution in [0.25, 0.3) is 0 Å². The highest BCUT2D eigenvalue weighted by molar-refractivity contribution is 5.97. The van der Waals surface area contributed by atoms with Crippen molar-refractivity contribution >= 4 is 5.91 Å². The standard InChI is InChI=1S/C20H21FN2O3/c1-26-17-7-3-2-5-15(17)19(24)23-13-8-9-14(23)12-20(25,11-13)16-6-4-10-22-18(16)21/h2-7,10,13-14,25H,8-9,11-12H2,1H3/t13-,14-/m0/s1. The number of para-hydroxylation sites is 1. The highest BCUT2D eigenvalue weighted by Crippen LogP contribution is 2.46. The summed E-state index contributed by atoms with van der Waals surface area (Å²) < 4.78 is 19.5. The predicted octanol–water partition coefficient (Wildman–Crippen LogP) is 2.88. The Morgan fingerprint density at radius 1 is 1.23 bits per heavy atom.